The van der Waals surface area contributed by atoms with Gasteiger partial charge in [0.05, 0.1) is 11.7 Å². The molecule has 5 nitrogen and oxygen atoms in total. The van der Waals surface area contributed by atoms with E-state index in [0.717, 1.165) is 6.42 Å². The molecule has 1 atom stereocenters. The van der Waals surface area contributed by atoms with E-state index in [0.29, 0.717) is 6.42 Å². The van der Waals surface area contributed by atoms with Crippen LogP contribution >= 0.6 is 0 Å². The molecular formula is C8H17NO4S. The molecule has 0 radical (unpaired) electrons. The quantitative estimate of drug-likeness (QED) is 0.655. The van der Waals surface area contributed by atoms with Gasteiger partial charge in [-0.15, -0.1) is 0 Å². The summed E-state index contributed by atoms with van der Waals surface area (Å²) in [6.07, 6.45) is 1.21. The van der Waals surface area contributed by atoms with Crippen LogP contribution in [-0.4, -0.2) is 31.8 Å². The summed E-state index contributed by atoms with van der Waals surface area (Å²) in [6, 6.07) is 0. The zero-order valence-electron chi connectivity index (χ0n) is 8.49. The maximum Gasteiger partial charge on any atom is 0.307 e. The Morgan fingerprint density at radius 1 is 1.43 bits per heavy atom. The van der Waals surface area contributed by atoms with Gasteiger partial charge < -0.3 is 5.11 Å². The van der Waals surface area contributed by atoms with Crippen LogP contribution in [0.5, 0.6) is 0 Å². The Labute approximate surface area is 84.6 Å². The number of aliphatic carboxylic acids is 1. The zero-order valence-corrected chi connectivity index (χ0v) is 9.30. The third-order valence-electron chi connectivity index (χ3n) is 1.92. The maximum absolute atomic E-state index is 11.0. The van der Waals surface area contributed by atoms with Gasteiger partial charge in [-0.2, -0.15) is 0 Å². The lowest BCUT2D eigenvalue weighted by Crippen LogP contribution is -2.33. The summed E-state index contributed by atoms with van der Waals surface area (Å²) < 4.78 is 24.3. The van der Waals surface area contributed by atoms with Gasteiger partial charge in [-0.1, -0.05) is 13.3 Å². The molecule has 1 unspecified atom stereocenters. The second kappa shape index (κ2) is 5.98. The smallest absolute Gasteiger partial charge is 0.307 e. The number of carboxylic acids is 1. The fourth-order valence-electron chi connectivity index (χ4n) is 0.991. The van der Waals surface area contributed by atoms with Gasteiger partial charge in [0.25, 0.3) is 0 Å². The van der Waals surface area contributed by atoms with E-state index >= 15 is 0 Å². The van der Waals surface area contributed by atoms with Crippen LogP contribution in [0.1, 0.15) is 26.7 Å². The van der Waals surface area contributed by atoms with Crippen molar-refractivity contribution in [3.05, 3.63) is 0 Å². The molecule has 0 spiro atoms. The first-order valence-corrected chi connectivity index (χ1v) is 6.28. The van der Waals surface area contributed by atoms with Crippen LogP contribution in [0.2, 0.25) is 0 Å². The van der Waals surface area contributed by atoms with Crippen LogP contribution in [0.15, 0.2) is 0 Å². The normalized spacial score (nSPS) is 13.9. The number of carbonyl (C=O) groups is 1. The molecule has 0 aliphatic heterocycles. The summed E-state index contributed by atoms with van der Waals surface area (Å²) in [6.45, 7) is 3.36. The Kier molecular flexibility index (Phi) is 5.71. The predicted octanol–water partition coefficient (Wildman–Crippen LogP) is 0.427. The highest BCUT2D eigenvalue weighted by Crippen LogP contribution is 2.05. The van der Waals surface area contributed by atoms with Crippen LogP contribution < -0.4 is 4.72 Å². The van der Waals surface area contributed by atoms with Crippen LogP contribution in [-0.2, 0) is 14.8 Å². The third-order valence-corrected chi connectivity index (χ3v) is 3.28. The molecule has 0 fully saturated rings. The average Bonchev–Trinajstić information content (AvgIpc) is 2.12. The number of rotatable bonds is 7. The van der Waals surface area contributed by atoms with Crippen molar-refractivity contribution in [2.24, 2.45) is 5.92 Å². The number of hydrogen-bond donors (Lipinski definition) is 2. The predicted molar refractivity (Wildman–Crippen MR) is 53.5 cm³/mol. The minimum Gasteiger partial charge on any atom is -0.481 e. The Hall–Kier alpha value is -0.620. The van der Waals surface area contributed by atoms with Gasteiger partial charge in [0.1, 0.15) is 0 Å². The van der Waals surface area contributed by atoms with Gasteiger partial charge >= 0.3 is 5.97 Å². The third kappa shape index (κ3) is 5.18. The van der Waals surface area contributed by atoms with Crippen LogP contribution in [0.4, 0.5) is 0 Å². The fourth-order valence-corrected chi connectivity index (χ4v) is 1.65. The van der Waals surface area contributed by atoms with Crippen molar-refractivity contribution >= 4 is 16.0 Å². The molecule has 0 aromatic heterocycles. The van der Waals surface area contributed by atoms with Gasteiger partial charge in [0, 0.05) is 6.54 Å². The van der Waals surface area contributed by atoms with Gasteiger partial charge in [0.15, 0.2) is 0 Å². The number of nitrogens with one attached hydrogen (secondary N) is 1. The second-order valence-corrected chi connectivity index (χ2v) is 5.17. The molecule has 0 aliphatic rings. The van der Waals surface area contributed by atoms with Crippen molar-refractivity contribution in [3.8, 4) is 0 Å². The summed E-state index contributed by atoms with van der Waals surface area (Å²) in [5.41, 5.74) is 0. The minimum atomic E-state index is -3.28. The van der Waals surface area contributed by atoms with Crippen LogP contribution in [0.25, 0.3) is 0 Å². The molecule has 14 heavy (non-hydrogen) atoms. The molecule has 0 aromatic rings. The van der Waals surface area contributed by atoms with Crippen molar-refractivity contribution in [1.29, 1.82) is 0 Å². The van der Waals surface area contributed by atoms with Gasteiger partial charge in [-0.05, 0) is 13.3 Å². The van der Waals surface area contributed by atoms with E-state index in [1.165, 1.54) is 6.92 Å². The van der Waals surface area contributed by atoms with Gasteiger partial charge in [-0.3, -0.25) is 4.79 Å². The van der Waals surface area contributed by atoms with Crippen molar-refractivity contribution in [1.82, 2.24) is 4.72 Å². The molecule has 0 aromatic carbocycles. The fraction of sp³-hybridized carbons (Fsp3) is 0.875. The summed E-state index contributed by atoms with van der Waals surface area (Å²) in [5.74, 6) is -1.60. The van der Waals surface area contributed by atoms with Gasteiger partial charge in [0.2, 0.25) is 10.0 Å². The first-order chi connectivity index (χ1) is 6.43. The number of carboxylic acid groups (broad SMARTS) is 1. The van der Waals surface area contributed by atoms with E-state index in [1.807, 2.05) is 6.92 Å². The molecular weight excluding hydrogens is 206 g/mol. The van der Waals surface area contributed by atoms with Gasteiger partial charge in [-0.25, -0.2) is 13.1 Å². The molecule has 0 rings (SSSR count). The molecule has 0 saturated carbocycles. The highest BCUT2D eigenvalue weighted by molar-refractivity contribution is 7.89. The highest BCUT2D eigenvalue weighted by Gasteiger charge is 2.18. The first kappa shape index (κ1) is 13.4. The molecule has 2 N–H and O–H groups in total. The lowest BCUT2D eigenvalue weighted by molar-refractivity contribution is -0.141. The monoisotopic (exact) mass is 223 g/mol. The Morgan fingerprint density at radius 2 is 2.00 bits per heavy atom. The van der Waals surface area contributed by atoms with Crippen molar-refractivity contribution < 1.29 is 18.3 Å². The Morgan fingerprint density at radius 3 is 2.36 bits per heavy atom. The molecule has 0 bridgehead atoms. The van der Waals surface area contributed by atoms with E-state index in [2.05, 4.69) is 4.72 Å². The lowest BCUT2D eigenvalue weighted by atomic mass is 10.1. The van der Waals surface area contributed by atoms with Crippen molar-refractivity contribution in [2.75, 3.05) is 12.3 Å². The maximum atomic E-state index is 11.0. The van der Waals surface area contributed by atoms with Crippen molar-refractivity contribution in [3.63, 3.8) is 0 Å². The molecule has 84 valence electrons. The number of sulfonamides is 1. The van der Waals surface area contributed by atoms with Crippen LogP contribution in [0, 0.1) is 5.92 Å². The standard InChI is InChI=1S/C8H17NO4S/c1-3-5-7(8(10)11)6-9-14(12,13)4-2/h7,9H,3-6H2,1-2H3,(H,10,11). The zero-order chi connectivity index (χ0) is 11.2. The average molecular weight is 223 g/mol. The second-order valence-electron chi connectivity index (χ2n) is 3.08. The topological polar surface area (TPSA) is 83.5 Å². The highest BCUT2D eigenvalue weighted by atomic mass is 32.2. The largest absolute Gasteiger partial charge is 0.481 e. The van der Waals surface area contributed by atoms with E-state index in [4.69, 9.17) is 5.11 Å². The molecule has 0 saturated heterocycles. The SMILES string of the molecule is CCCC(CNS(=O)(=O)CC)C(=O)O. The summed E-state index contributed by atoms with van der Waals surface area (Å²) in [4.78, 5) is 10.7. The molecule has 0 heterocycles. The molecule has 6 heteroatoms. The molecule has 0 aliphatic carbocycles. The summed E-state index contributed by atoms with van der Waals surface area (Å²) >= 11 is 0. The molecule has 0 amide bonds. The van der Waals surface area contributed by atoms with E-state index in [1.54, 1.807) is 0 Å². The lowest BCUT2D eigenvalue weighted by Gasteiger charge is -2.11. The summed E-state index contributed by atoms with van der Waals surface area (Å²) in [7, 11) is -3.28. The first-order valence-electron chi connectivity index (χ1n) is 4.63. The van der Waals surface area contributed by atoms with Crippen molar-refractivity contribution in [2.45, 2.75) is 26.7 Å². The van der Waals surface area contributed by atoms with E-state index in [9.17, 15) is 13.2 Å². The van der Waals surface area contributed by atoms with E-state index in [-0.39, 0.29) is 12.3 Å². The Balaban J connectivity index is 4.13. The Bertz CT molecular complexity index is 273. The van der Waals surface area contributed by atoms with E-state index < -0.39 is 21.9 Å². The van der Waals surface area contributed by atoms with Crippen LogP contribution in [0.3, 0.4) is 0 Å². The number of hydrogen-bond acceptors (Lipinski definition) is 3. The minimum absolute atomic E-state index is 0.0145. The summed E-state index contributed by atoms with van der Waals surface area (Å²) in [5, 5.41) is 8.74.